The molecule has 0 spiro atoms. The summed E-state index contributed by atoms with van der Waals surface area (Å²) in [5, 5.41) is 5.32. The zero-order valence-electron chi connectivity index (χ0n) is 56.8. The summed E-state index contributed by atoms with van der Waals surface area (Å²) in [7, 11) is 0. The molecule has 0 amide bonds. The molecule has 5 nitrogen and oxygen atoms in total. The molecule has 0 saturated heterocycles. The summed E-state index contributed by atoms with van der Waals surface area (Å²) in [4.78, 5) is 9.69. The summed E-state index contributed by atoms with van der Waals surface area (Å²) in [6.07, 6.45) is 1.82. The van der Waals surface area contributed by atoms with E-state index in [0.717, 1.165) is 44.8 Å². The smallest absolute Gasteiger partial charge is 0.252 e. The van der Waals surface area contributed by atoms with E-state index in [2.05, 4.69) is 275 Å². The average Bonchev–Trinajstić information content (AvgIpc) is 1.44. The second-order valence-corrected chi connectivity index (χ2v) is 30.8. The molecule has 0 unspecified atom stereocenters. The Morgan fingerprint density at radius 2 is 0.978 bits per heavy atom. The number of benzene rings is 9. The van der Waals surface area contributed by atoms with Crippen LogP contribution < -0.4 is 16.4 Å². The van der Waals surface area contributed by atoms with Gasteiger partial charge >= 0.3 is 0 Å². The number of para-hydroxylation sites is 3. The molecule has 0 bridgehead atoms. The SMILES string of the molecule is CC(C)c1cccc(C(C)C)c1-n1c(-c2[c-]cc(-c3cc4c5c(c3)-n3c6ccc(C(C)(C)C)cc6c6cc(C(C)(C)C)cc(c63)B5c3cc(C(C)(C)C)cc5c6cc(C(C)(C)C)ccc6n-4c35)cc2)nc2ccccc21.Cc1cnc(-c2[c-]cc(F)cc2)cc1C.[Ir]. The summed E-state index contributed by atoms with van der Waals surface area (Å²) >= 11 is 0. The molecule has 2 aliphatic rings. The maximum absolute atomic E-state index is 12.7. The number of rotatable bonds is 6. The number of imidazole rings is 1. The summed E-state index contributed by atoms with van der Waals surface area (Å²) in [6.45, 7) is 41.6. The molecule has 2 aliphatic heterocycles. The summed E-state index contributed by atoms with van der Waals surface area (Å²) in [5.74, 6) is 1.30. The molecule has 15 rings (SSSR count). The van der Waals surface area contributed by atoms with E-state index >= 15 is 0 Å². The van der Waals surface area contributed by atoms with Crippen molar-refractivity contribution < 1.29 is 24.5 Å². The van der Waals surface area contributed by atoms with Crippen LogP contribution in [0.5, 0.6) is 0 Å². The number of halogens is 1. The van der Waals surface area contributed by atoms with Crippen molar-refractivity contribution in [1.82, 2.24) is 23.7 Å². The summed E-state index contributed by atoms with van der Waals surface area (Å²) < 4.78 is 20.4. The molecule has 6 heterocycles. The van der Waals surface area contributed by atoms with Gasteiger partial charge in [-0.2, -0.15) is 0 Å². The number of hydrogen-bond donors (Lipinski definition) is 0. The van der Waals surface area contributed by atoms with Crippen LogP contribution in [0.1, 0.15) is 167 Å². The Morgan fingerprint density at radius 1 is 0.467 bits per heavy atom. The van der Waals surface area contributed by atoms with Crippen molar-refractivity contribution in [3.8, 4) is 50.8 Å². The van der Waals surface area contributed by atoms with E-state index < -0.39 is 0 Å². The molecule has 92 heavy (non-hydrogen) atoms. The van der Waals surface area contributed by atoms with E-state index in [9.17, 15) is 4.39 Å². The molecular formula is C84H83BFIrN5-2. The van der Waals surface area contributed by atoms with Gasteiger partial charge in [0.05, 0.1) is 27.9 Å². The van der Waals surface area contributed by atoms with E-state index in [0.29, 0.717) is 11.8 Å². The van der Waals surface area contributed by atoms with Gasteiger partial charge in [-0.3, -0.25) is 9.37 Å². The van der Waals surface area contributed by atoms with E-state index in [4.69, 9.17) is 4.98 Å². The Bertz CT molecular complexity index is 4920. The third-order valence-corrected chi connectivity index (χ3v) is 19.7. The fourth-order valence-electron chi connectivity index (χ4n) is 14.3. The van der Waals surface area contributed by atoms with Crippen LogP contribution in [-0.4, -0.2) is 30.4 Å². The van der Waals surface area contributed by atoms with E-state index in [1.165, 1.54) is 134 Å². The average molecular weight is 1380 g/mol. The molecule has 13 aromatic rings. The molecule has 8 heteroatoms. The van der Waals surface area contributed by atoms with Crippen LogP contribution in [0, 0.1) is 31.8 Å². The van der Waals surface area contributed by atoms with Crippen LogP contribution in [0.15, 0.2) is 164 Å². The van der Waals surface area contributed by atoms with Crippen LogP contribution in [0.2, 0.25) is 0 Å². The van der Waals surface area contributed by atoms with Gasteiger partial charge in [0.2, 0.25) is 0 Å². The molecule has 1 radical (unpaired) electrons. The van der Waals surface area contributed by atoms with Gasteiger partial charge in [0.25, 0.3) is 6.71 Å². The first kappa shape index (κ1) is 62.6. The zero-order valence-corrected chi connectivity index (χ0v) is 59.2. The molecular weight excluding hydrogens is 1300 g/mol. The predicted molar refractivity (Wildman–Crippen MR) is 385 cm³/mol. The number of fused-ring (bicyclic) bond motifs is 11. The van der Waals surface area contributed by atoms with Crippen molar-refractivity contribution in [2.24, 2.45) is 0 Å². The van der Waals surface area contributed by atoms with Gasteiger partial charge in [0.1, 0.15) is 0 Å². The maximum Gasteiger partial charge on any atom is 0.252 e. The molecule has 0 atom stereocenters. The first-order chi connectivity index (χ1) is 43.0. The monoisotopic (exact) mass is 1380 g/mol. The van der Waals surface area contributed by atoms with Gasteiger partial charge in [-0.25, -0.2) is 0 Å². The van der Waals surface area contributed by atoms with Crippen molar-refractivity contribution in [3.05, 3.63) is 226 Å². The van der Waals surface area contributed by atoms with Crippen molar-refractivity contribution in [2.45, 2.75) is 158 Å². The molecule has 0 N–H and O–H groups in total. The Labute approximate surface area is 557 Å². The Morgan fingerprint density at radius 3 is 1.46 bits per heavy atom. The van der Waals surface area contributed by atoms with E-state index in [1.807, 2.05) is 26.1 Å². The normalized spacial score (nSPS) is 13.0. The Balaban J connectivity index is 0.000000424. The predicted octanol–water partition coefficient (Wildman–Crippen LogP) is 20.2. The fraction of sp³-hybridized carbons (Fsp3) is 0.286. The Hall–Kier alpha value is -8.16. The Kier molecular flexibility index (Phi) is 15.2. The first-order valence-electron chi connectivity index (χ1n) is 32.7. The van der Waals surface area contributed by atoms with Crippen molar-refractivity contribution in [2.75, 3.05) is 0 Å². The van der Waals surface area contributed by atoms with E-state index in [-0.39, 0.29) is 54.3 Å². The maximum atomic E-state index is 12.7. The number of aryl methyl sites for hydroxylation is 2. The van der Waals surface area contributed by atoms with Crippen LogP contribution in [-0.2, 0) is 41.8 Å². The van der Waals surface area contributed by atoms with E-state index in [1.54, 1.807) is 6.07 Å². The topological polar surface area (TPSA) is 40.6 Å². The standard InChI is InChI=1S/C71H72BN4.C13H11FN.Ir/c1-40(2)49-20-19-21-50(41(3)4)64(49)76-60-23-18-17-22-57(60)73-67(76)43-26-24-42(25-27-43)44-32-61-63-62(33-44)75-59-31-29-46(69(8,9)10)35-52(59)54-37-48(71(14,15)16)39-56(66(54)75)72(63)55-38-47(70(11,12)13)36-53-51-34-45(68(5,6)7)28-30-58(51)74(61)65(53)55;1-9-7-13(15-8-10(9)2)11-3-5-12(14)6-4-11;/h17-26,28-41H,1-16H3;3,5-8H,1-2H3;/q2*-1;. The second kappa shape index (κ2) is 22.3. The number of pyridine rings is 1. The van der Waals surface area contributed by atoms with Gasteiger partial charge in [-0.05, 0) is 169 Å². The van der Waals surface area contributed by atoms with Crippen molar-refractivity contribution >= 4 is 77.7 Å². The van der Waals surface area contributed by atoms with Gasteiger partial charge in [-0.15, -0.1) is 59.7 Å². The molecule has 0 saturated carbocycles. The quantitative estimate of drug-likeness (QED) is 0.123. The van der Waals surface area contributed by atoms with Crippen LogP contribution >= 0.6 is 0 Å². The van der Waals surface area contributed by atoms with Crippen molar-refractivity contribution in [1.29, 1.82) is 0 Å². The molecule has 4 aromatic heterocycles. The molecule has 0 fully saturated rings. The number of aromatic nitrogens is 5. The summed E-state index contributed by atoms with van der Waals surface area (Å²) in [5.41, 5.74) is 30.4. The molecule has 0 aliphatic carbocycles. The van der Waals surface area contributed by atoms with Gasteiger partial charge in [-0.1, -0.05) is 188 Å². The first-order valence-corrected chi connectivity index (χ1v) is 32.7. The summed E-state index contributed by atoms with van der Waals surface area (Å²) in [6, 6.07) is 65.2. The largest absolute Gasteiger partial charge is 0.333 e. The van der Waals surface area contributed by atoms with Gasteiger partial charge < -0.3 is 18.7 Å². The minimum atomic E-state index is -0.275. The number of hydrogen-bond acceptors (Lipinski definition) is 2. The molecule has 465 valence electrons. The van der Waals surface area contributed by atoms with Crippen LogP contribution in [0.25, 0.3) is 105 Å². The van der Waals surface area contributed by atoms with Crippen molar-refractivity contribution in [3.63, 3.8) is 0 Å². The van der Waals surface area contributed by atoms with Gasteiger partial charge in [0.15, 0.2) is 0 Å². The zero-order chi connectivity index (χ0) is 64.3. The minimum Gasteiger partial charge on any atom is -0.333 e. The van der Waals surface area contributed by atoms with Gasteiger partial charge in [0, 0.05) is 81.8 Å². The second-order valence-electron chi connectivity index (χ2n) is 30.8. The fourth-order valence-corrected chi connectivity index (χ4v) is 14.3. The molecule has 9 aromatic carbocycles. The van der Waals surface area contributed by atoms with Crippen LogP contribution in [0.4, 0.5) is 4.39 Å². The third kappa shape index (κ3) is 10.3. The third-order valence-electron chi connectivity index (χ3n) is 19.7. The number of nitrogens with zero attached hydrogens (tertiary/aromatic N) is 5. The van der Waals surface area contributed by atoms with Crippen LogP contribution in [0.3, 0.4) is 0 Å². The minimum absolute atomic E-state index is 0.